The molecule has 0 atom stereocenters. The fraction of sp³-hybridized carbons (Fsp3) is 0.529. The molecule has 1 aromatic rings. The van der Waals surface area contributed by atoms with Gasteiger partial charge in [0, 0.05) is 0 Å². The first-order valence-electron chi connectivity index (χ1n) is 7.21. The molecule has 118 valence electrons. The normalized spacial score (nSPS) is 11.4. The van der Waals surface area contributed by atoms with E-state index in [4.69, 9.17) is 4.74 Å². The van der Waals surface area contributed by atoms with Gasteiger partial charge in [-0.3, -0.25) is 5.32 Å². The summed E-state index contributed by atoms with van der Waals surface area (Å²) in [6.07, 6.45) is 1.11. The van der Waals surface area contributed by atoms with Gasteiger partial charge in [-0.05, 0) is 44.4 Å². The first-order chi connectivity index (χ1) is 9.96. The molecule has 0 aliphatic rings. The Morgan fingerprint density at radius 1 is 1.27 bits per heavy atom. The van der Waals surface area contributed by atoms with Gasteiger partial charge < -0.3 is 4.74 Å². The van der Waals surface area contributed by atoms with Gasteiger partial charge >= 0.3 is 6.09 Å². The van der Waals surface area contributed by atoms with E-state index >= 15 is 0 Å². The van der Waals surface area contributed by atoms with Crippen molar-refractivity contribution in [3.8, 4) is 11.5 Å². The summed E-state index contributed by atoms with van der Waals surface area (Å²) in [5.74, 6) is 3.10. The highest BCUT2D eigenvalue weighted by atomic mass is 28.2. The van der Waals surface area contributed by atoms with Gasteiger partial charge in [0.05, 0.1) is 11.9 Å². The largest absolute Gasteiger partial charge is 0.444 e. The highest BCUT2D eigenvalue weighted by Gasteiger charge is 2.16. The molecule has 0 saturated heterocycles. The van der Waals surface area contributed by atoms with Crippen LogP contribution in [0.4, 0.5) is 10.5 Å². The van der Waals surface area contributed by atoms with Crippen molar-refractivity contribution in [2.45, 2.75) is 59.1 Å². The maximum absolute atomic E-state index is 11.7. The van der Waals surface area contributed by atoms with Gasteiger partial charge in [-0.2, -0.15) is 0 Å². The molecule has 1 amide bonds. The summed E-state index contributed by atoms with van der Waals surface area (Å²) in [5, 5.41) is 2.88. The van der Waals surface area contributed by atoms with Gasteiger partial charge in [0.2, 0.25) is 0 Å². The molecule has 0 saturated carbocycles. The van der Waals surface area contributed by atoms with Crippen LogP contribution >= 0.6 is 0 Å². The molecule has 0 aliphatic heterocycles. The van der Waals surface area contributed by atoms with Crippen molar-refractivity contribution in [2.24, 2.45) is 0 Å². The Bertz CT molecular complexity index is 602. The van der Waals surface area contributed by atoms with Gasteiger partial charge in [-0.25, -0.2) is 9.78 Å². The van der Waals surface area contributed by atoms with Crippen molar-refractivity contribution in [1.82, 2.24) is 4.98 Å². The molecule has 1 aromatic heterocycles. The van der Waals surface area contributed by atoms with Gasteiger partial charge in [0.25, 0.3) is 0 Å². The molecular formula is C17H24N2O2Si. The monoisotopic (exact) mass is 316 g/mol. The lowest BCUT2D eigenvalue weighted by atomic mass is 10.2. The van der Waals surface area contributed by atoms with Gasteiger partial charge in [0.1, 0.15) is 11.3 Å². The van der Waals surface area contributed by atoms with Crippen molar-refractivity contribution >= 4 is 21.3 Å². The van der Waals surface area contributed by atoms with E-state index < -0.39 is 11.7 Å². The molecule has 4 nitrogen and oxygen atoms in total. The molecule has 0 spiro atoms. The number of carbonyl (C=O) groups excluding carboxylic acids is 1. The number of hydrogen-bond acceptors (Lipinski definition) is 3. The van der Waals surface area contributed by atoms with Gasteiger partial charge in [-0.15, -0.1) is 5.54 Å². The molecule has 0 fully saturated rings. The number of rotatable bonds is 1. The van der Waals surface area contributed by atoms with Crippen LogP contribution in [0.1, 0.15) is 52.8 Å². The minimum atomic E-state index is -0.522. The van der Waals surface area contributed by atoms with E-state index in [1.807, 2.05) is 33.8 Å². The van der Waals surface area contributed by atoms with Crippen LogP contribution < -0.4 is 5.32 Å². The number of aromatic nitrogens is 1. The molecule has 2 radical (unpaired) electrons. The third-order valence-corrected chi connectivity index (χ3v) is 3.34. The first-order valence-corrected chi connectivity index (χ1v) is 8.21. The Balaban J connectivity index is 2.76. The summed E-state index contributed by atoms with van der Waals surface area (Å²) < 4.78 is 5.21. The number of aryl methyl sites for hydroxylation is 1. The zero-order valence-corrected chi connectivity index (χ0v) is 15.4. The second-order valence-electron chi connectivity index (χ2n) is 7.14. The SMILES string of the molecule is Cc1cc(NC(=O)OC(C)(C)C)cnc1C#C[Si]C(C)(C)C. The topological polar surface area (TPSA) is 51.2 Å². The van der Waals surface area contributed by atoms with E-state index in [0.717, 1.165) is 11.3 Å². The summed E-state index contributed by atoms with van der Waals surface area (Å²) in [4.78, 5) is 16.0. The zero-order valence-electron chi connectivity index (χ0n) is 14.4. The molecule has 0 aromatic carbocycles. The number of ether oxygens (including phenoxy) is 1. The van der Waals surface area contributed by atoms with E-state index in [1.165, 1.54) is 0 Å². The van der Waals surface area contributed by atoms with Crippen LogP contribution in [-0.2, 0) is 4.74 Å². The summed E-state index contributed by atoms with van der Waals surface area (Å²) in [5.41, 5.74) is 4.93. The second-order valence-corrected chi connectivity index (χ2v) is 9.14. The Morgan fingerprint density at radius 2 is 1.91 bits per heavy atom. The fourth-order valence-corrected chi connectivity index (χ4v) is 2.03. The van der Waals surface area contributed by atoms with E-state index in [-0.39, 0.29) is 5.04 Å². The summed E-state index contributed by atoms with van der Waals surface area (Å²) in [6.45, 7) is 13.9. The zero-order chi connectivity index (χ0) is 17.0. The highest BCUT2D eigenvalue weighted by Crippen LogP contribution is 2.19. The van der Waals surface area contributed by atoms with E-state index in [1.54, 1.807) is 6.20 Å². The lowest BCUT2D eigenvalue weighted by Gasteiger charge is -2.19. The average molecular weight is 316 g/mol. The van der Waals surface area contributed by atoms with Crippen LogP contribution in [0.25, 0.3) is 0 Å². The highest BCUT2D eigenvalue weighted by molar-refractivity contribution is 6.49. The van der Waals surface area contributed by atoms with Gasteiger partial charge in [-0.1, -0.05) is 26.7 Å². The van der Waals surface area contributed by atoms with Crippen LogP contribution in [0.2, 0.25) is 5.04 Å². The number of anilines is 1. The number of amides is 1. The lowest BCUT2D eigenvalue weighted by molar-refractivity contribution is 0.0636. The quantitative estimate of drug-likeness (QED) is 0.630. The Hall–Kier alpha value is -1.80. The van der Waals surface area contributed by atoms with Crippen LogP contribution in [0, 0.1) is 18.4 Å². The van der Waals surface area contributed by atoms with Crippen molar-refractivity contribution < 1.29 is 9.53 Å². The first kappa shape index (κ1) is 18.2. The van der Waals surface area contributed by atoms with Gasteiger partial charge in [0.15, 0.2) is 9.52 Å². The van der Waals surface area contributed by atoms with E-state index in [9.17, 15) is 4.79 Å². The maximum atomic E-state index is 11.7. The minimum Gasteiger partial charge on any atom is -0.444 e. The second kappa shape index (κ2) is 6.97. The summed E-state index contributed by atoms with van der Waals surface area (Å²) in [6, 6.07) is 1.85. The minimum absolute atomic E-state index is 0.207. The van der Waals surface area contributed by atoms with E-state index in [0.29, 0.717) is 15.2 Å². The third-order valence-electron chi connectivity index (χ3n) is 2.34. The van der Waals surface area contributed by atoms with Crippen molar-refractivity contribution in [1.29, 1.82) is 0 Å². The molecule has 1 rings (SSSR count). The molecule has 0 unspecified atom stereocenters. The predicted octanol–water partition coefficient (Wildman–Crippen LogP) is 3.97. The number of pyridine rings is 1. The smallest absolute Gasteiger partial charge is 0.412 e. The third kappa shape index (κ3) is 7.28. The standard InChI is InChI=1S/C17H24N2O2Si/c1-12-10-13(19-15(20)21-16(2,3)4)11-18-14(12)8-9-22-17(5,6)7/h10-11H,1-7H3,(H,19,20). The molecule has 0 bridgehead atoms. The number of hydrogen-bond donors (Lipinski definition) is 1. The van der Waals surface area contributed by atoms with Crippen LogP contribution in [0.15, 0.2) is 12.3 Å². The fourth-order valence-electron chi connectivity index (χ4n) is 1.47. The van der Waals surface area contributed by atoms with Crippen molar-refractivity contribution in [3.63, 3.8) is 0 Å². The predicted molar refractivity (Wildman–Crippen MR) is 91.2 cm³/mol. The van der Waals surface area contributed by atoms with Crippen LogP contribution in [0.5, 0.6) is 0 Å². The molecular weight excluding hydrogens is 292 g/mol. The lowest BCUT2D eigenvalue weighted by Crippen LogP contribution is -2.27. The number of nitrogens with one attached hydrogen (secondary N) is 1. The summed E-state index contributed by atoms with van der Waals surface area (Å²) >= 11 is 0. The molecule has 22 heavy (non-hydrogen) atoms. The van der Waals surface area contributed by atoms with E-state index in [2.05, 4.69) is 42.5 Å². The summed E-state index contributed by atoms with van der Waals surface area (Å²) in [7, 11) is 0.560. The molecule has 5 heteroatoms. The Kier molecular flexibility index (Phi) is 5.78. The Morgan fingerprint density at radius 3 is 2.41 bits per heavy atom. The van der Waals surface area contributed by atoms with Crippen molar-refractivity contribution in [2.75, 3.05) is 5.32 Å². The van der Waals surface area contributed by atoms with Crippen molar-refractivity contribution in [3.05, 3.63) is 23.5 Å². The maximum Gasteiger partial charge on any atom is 0.412 e. The molecule has 1 heterocycles. The van der Waals surface area contributed by atoms with Crippen LogP contribution in [-0.4, -0.2) is 26.2 Å². The number of carbonyl (C=O) groups is 1. The Labute approximate surface area is 135 Å². The average Bonchev–Trinajstić information content (AvgIpc) is 2.27. The molecule has 0 aliphatic carbocycles. The van der Waals surface area contributed by atoms with Crippen LogP contribution in [0.3, 0.4) is 0 Å². The number of nitrogens with zero attached hydrogens (tertiary/aromatic N) is 1. The molecule has 1 N–H and O–H groups in total.